The number of benzene rings is 3. The molecule has 3 saturated heterocycles. The maximum absolute atomic E-state index is 14.4. The molecule has 3 aliphatic rings. The zero-order valence-corrected chi connectivity index (χ0v) is 33.6. The van der Waals surface area contributed by atoms with Crippen molar-refractivity contribution in [3.05, 3.63) is 82.5 Å². The summed E-state index contributed by atoms with van der Waals surface area (Å²) in [6, 6.07) is 13.0. The zero-order valence-electron chi connectivity index (χ0n) is 33.6. The van der Waals surface area contributed by atoms with Crippen molar-refractivity contribution in [1.29, 1.82) is 0 Å². The van der Waals surface area contributed by atoms with Crippen LogP contribution < -0.4 is 19.6 Å². The number of carbonyl (C=O) groups excluding carboxylic acids is 1. The lowest BCUT2D eigenvalue weighted by molar-refractivity contribution is -0.278. The van der Waals surface area contributed by atoms with Gasteiger partial charge in [0.2, 0.25) is 30.0 Å². The maximum Gasteiger partial charge on any atom is 0.330 e. The molecule has 15 atom stereocenters. The van der Waals surface area contributed by atoms with Crippen LogP contribution in [0.15, 0.2) is 76.0 Å². The van der Waals surface area contributed by atoms with Gasteiger partial charge in [0.25, 0.3) is 0 Å². The first-order chi connectivity index (χ1) is 31.0. The molecule has 352 valence electrons. The van der Waals surface area contributed by atoms with Gasteiger partial charge in [-0.15, -0.1) is 0 Å². The third-order valence-corrected chi connectivity index (χ3v) is 10.8. The second-order valence-corrected chi connectivity index (χ2v) is 15.2. The Morgan fingerprint density at radius 2 is 1.11 bits per heavy atom. The molecule has 13 N–H and O–H groups in total. The van der Waals surface area contributed by atoms with Crippen LogP contribution in [0.1, 0.15) is 5.56 Å². The molecular weight excluding hydrogens is 872 g/mol. The smallest absolute Gasteiger partial charge is 0.330 e. The maximum atomic E-state index is 14.4. The van der Waals surface area contributed by atoms with E-state index in [1.807, 2.05) is 0 Å². The molecule has 23 heteroatoms. The molecule has 3 fully saturated rings. The SMILES string of the molecule is O=C(/C=C/c1ccc(O)cc1)OCC1O[C@@H](Oc2c(-c3ccc(O[C@@H]4OC(CO)[C@H](O)C(O)C4O)cc3)oc3cc(O[C@@H]4OC(CO)[C@H](O)C(O)[C@H]4O)cc(O)c3c2=O)C(O)C(O)[C@H]1O. The number of rotatable bonds is 13. The van der Waals surface area contributed by atoms with Gasteiger partial charge in [-0.05, 0) is 48.0 Å². The molecule has 23 nitrogen and oxygen atoms in total. The summed E-state index contributed by atoms with van der Waals surface area (Å²) in [5.74, 6) is -3.24. The molecule has 0 spiro atoms. The number of aromatic hydroxyl groups is 2. The van der Waals surface area contributed by atoms with Crippen LogP contribution in [0.4, 0.5) is 0 Å². The molecule has 3 aliphatic heterocycles. The van der Waals surface area contributed by atoms with Gasteiger partial charge in [-0.1, -0.05) is 12.1 Å². The predicted octanol–water partition coefficient (Wildman–Crippen LogP) is -3.33. The third kappa shape index (κ3) is 10.0. The van der Waals surface area contributed by atoms with E-state index in [0.717, 1.165) is 18.2 Å². The number of carbonyl (C=O) groups is 1. The van der Waals surface area contributed by atoms with Crippen LogP contribution in [0.5, 0.6) is 28.7 Å². The van der Waals surface area contributed by atoms with Gasteiger partial charge in [-0.3, -0.25) is 4.79 Å². The van der Waals surface area contributed by atoms with Gasteiger partial charge in [0.1, 0.15) is 114 Å². The van der Waals surface area contributed by atoms with Crippen molar-refractivity contribution in [2.45, 2.75) is 92.1 Å². The Hall–Kier alpha value is -5.48. The Kier molecular flexibility index (Phi) is 14.6. The van der Waals surface area contributed by atoms with E-state index in [1.165, 1.54) is 54.6 Å². The molecule has 0 amide bonds. The summed E-state index contributed by atoms with van der Waals surface area (Å²) in [7, 11) is 0. The van der Waals surface area contributed by atoms with Crippen molar-refractivity contribution in [1.82, 2.24) is 0 Å². The van der Waals surface area contributed by atoms with Crippen molar-refractivity contribution in [2.24, 2.45) is 0 Å². The monoisotopic (exact) mass is 918 g/mol. The number of hydrogen-bond acceptors (Lipinski definition) is 23. The van der Waals surface area contributed by atoms with E-state index in [4.69, 9.17) is 37.6 Å². The minimum absolute atomic E-state index is 0.00238. The molecule has 4 aromatic rings. The molecule has 3 aromatic carbocycles. The fourth-order valence-electron chi connectivity index (χ4n) is 7.14. The second kappa shape index (κ2) is 19.9. The Balaban J connectivity index is 1.20. The van der Waals surface area contributed by atoms with Crippen LogP contribution in [0.3, 0.4) is 0 Å². The van der Waals surface area contributed by atoms with E-state index in [-0.39, 0.29) is 22.8 Å². The molecule has 0 aliphatic carbocycles. The van der Waals surface area contributed by atoms with Crippen LogP contribution in [0.25, 0.3) is 28.4 Å². The number of ether oxygens (including phenoxy) is 7. The lowest BCUT2D eigenvalue weighted by Crippen LogP contribution is -2.60. The van der Waals surface area contributed by atoms with E-state index >= 15 is 0 Å². The normalized spacial score (nSPS) is 32.9. The number of aliphatic hydroxyl groups is 11. The van der Waals surface area contributed by atoms with Crippen LogP contribution in [-0.2, 0) is 23.7 Å². The van der Waals surface area contributed by atoms with Crippen LogP contribution in [0.2, 0.25) is 0 Å². The Labute approximate surface area is 365 Å². The van der Waals surface area contributed by atoms with Gasteiger partial charge in [0, 0.05) is 23.8 Å². The standard InChI is InChI=1S/C42H46O23/c43-13-23-28(48)32(52)35(55)40(62-23)59-19-8-4-17(5-9-19)38-39(31(51)27-21(46)11-20(12-22(27)61-38)60-41-36(56)33(53)29(49)24(14-44)63-41)65-42-37(57)34(54)30(50)25(64-42)15-58-26(47)10-3-16-1-6-18(45)7-2-16/h1-12,23-25,28-30,32-37,40-46,48-50,52-57H,13-15H2/b10-3+/t23?,24?,25?,28-,29-,30-,32?,33?,34?,35?,36+,37?,40+,41+,42-/m0/s1. The fraction of sp³-hybridized carbons (Fsp3) is 0.429. The summed E-state index contributed by atoms with van der Waals surface area (Å²) >= 11 is 0. The molecule has 0 radical (unpaired) electrons. The summed E-state index contributed by atoms with van der Waals surface area (Å²) in [5.41, 5.74) is -0.968. The topological polar surface area (TPSA) is 375 Å². The fourth-order valence-corrected chi connectivity index (χ4v) is 7.14. The highest BCUT2D eigenvalue weighted by Gasteiger charge is 2.48. The van der Waals surface area contributed by atoms with Crippen LogP contribution in [0, 0.1) is 0 Å². The van der Waals surface area contributed by atoms with Crippen molar-refractivity contribution >= 4 is 23.0 Å². The number of esters is 1. The van der Waals surface area contributed by atoms with Gasteiger partial charge >= 0.3 is 5.97 Å². The average molecular weight is 919 g/mol. The van der Waals surface area contributed by atoms with E-state index in [2.05, 4.69) is 0 Å². The minimum Gasteiger partial charge on any atom is -0.508 e. The van der Waals surface area contributed by atoms with Gasteiger partial charge in [-0.2, -0.15) is 0 Å². The summed E-state index contributed by atoms with van der Waals surface area (Å²) in [6.07, 6.45) is -23.6. The average Bonchev–Trinajstić information content (AvgIpc) is 3.29. The van der Waals surface area contributed by atoms with Crippen molar-refractivity contribution in [2.75, 3.05) is 19.8 Å². The quantitative estimate of drug-likeness (QED) is 0.0461. The summed E-state index contributed by atoms with van der Waals surface area (Å²) < 4.78 is 45.0. The van der Waals surface area contributed by atoms with Gasteiger partial charge in [0.15, 0.2) is 5.76 Å². The van der Waals surface area contributed by atoms with Crippen molar-refractivity contribution < 1.29 is 109 Å². The lowest BCUT2D eigenvalue weighted by atomic mass is 9.99. The molecule has 8 unspecified atom stereocenters. The highest BCUT2D eigenvalue weighted by atomic mass is 16.7. The molecule has 1 aromatic heterocycles. The highest BCUT2D eigenvalue weighted by Crippen LogP contribution is 2.39. The van der Waals surface area contributed by atoms with E-state index in [9.17, 15) is 76.0 Å². The first kappa shape index (κ1) is 47.5. The molecule has 0 saturated carbocycles. The number of phenolic OH excluding ortho intramolecular Hbond substituents is 2. The number of fused-ring (bicyclic) bond motifs is 1. The summed E-state index contributed by atoms with van der Waals surface area (Å²) in [6.45, 7) is -2.20. The van der Waals surface area contributed by atoms with Gasteiger partial charge in [0.05, 0.1) is 13.2 Å². The van der Waals surface area contributed by atoms with E-state index in [0.29, 0.717) is 5.56 Å². The van der Waals surface area contributed by atoms with Crippen molar-refractivity contribution in [3.63, 3.8) is 0 Å². The molecular formula is C42H46O23. The number of aliphatic hydroxyl groups excluding tert-OH is 11. The summed E-state index contributed by atoms with van der Waals surface area (Å²) in [4.78, 5) is 26.9. The molecule has 65 heavy (non-hydrogen) atoms. The molecule has 4 heterocycles. The second-order valence-electron chi connectivity index (χ2n) is 15.2. The Bertz CT molecular complexity index is 2350. The first-order valence-electron chi connectivity index (χ1n) is 19.9. The largest absolute Gasteiger partial charge is 0.508 e. The third-order valence-electron chi connectivity index (χ3n) is 10.8. The van der Waals surface area contributed by atoms with Gasteiger partial charge < -0.3 is 104 Å². The van der Waals surface area contributed by atoms with Crippen LogP contribution in [-0.4, -0.2) is 184 Å². The summed E-state index contributed by atoms with van der Waals surface area (Å²) in [5, 5.41) is 134. The van der Waals surface area contributed by atoms with E-state index in [1.54, 1.807) is 0 Å². The highest BCUT2D eigenvalue weighted by molar-refractivity contribution is 5.88. The lowest BCUT2D eigenvalue weighted by Gasteiger charge is -2.39. The zero-order chi connectivity index (χ0) is 46.9. The number of hydrogen-bond donors (Lipinski definition) is 13. The van der Waals surface area contributed by atoms with Gasteiger partial charge in [-0.25, -0.2) is 4.79 Å². The molecule has 7 rings (SSSR count). The van der Waals surface area contributed by atoms with Crippen molar-refractivity contribution in [3.8, 4) is 40.1 Å². The Morgan fingerprint density at radius 1 is 0.600 bits per heavy atom. The van der Waals surface area contributed by atoms with Crippen LogP contribution >= 0.6 is 0 Å². The first-order valence-corrected chi connectivity index (χ1v) is 19.9. The number of phenols is 2. The predicted molar refractivity (Wildman–Crippen MR) is 214 cm³/mol. The Morgan fingerprint density at radius 3 is 1.66 bits per heavy atom. The van der Waals surface area contributed by atoms with E-state index < -0.39 is 152 Å². The molecule has 0 bridgehead atoms. The minimum atomic E-state index is -2.06.